The van der Waals surface area contributed by atoms with E-state index in [9.17, 15) is 4.79 Å². The van der Waals surface area contributed by atoms with E-state index in [4.69, 9.17) is 9.47 Å². The van der Waals surface area contributed by atoms with Gasteiger partial charge in [0.25, 0.3) is 5.91 Å². The summed E-state index contributed by atoms with van der Waals surface area (Å²) in [5.74, 6) is 0.722. The molecule has 1 aliphatic rings. The van der Waals surface area contributed by atoms with E-state index in [1.165, 1.54) is 0 Å². The number of amides is 1. The number of benzene rings is 1. The van der Waals surface area contributed by atoms with Gasteiger partial charge in [0.2, 0.25) is 0 Å². The van der Waals surface area contributed by atoms with Crippen LogP contribution in [0.5, 0.6) is 5.75 Å². The van der Waals surface area contributed by atoms with Crippen molar-refractivity contribution in [2.75, 3.05) is 33.4 Å². The van der Waals surface area contributed by atoms with Gasteiger partial charge in [0.05, 0.1) is 6.61 Å². The van der Waals surface area contributed by atoms with E-state index >= 15 is 0 Å². The van der Waals surface area contributed by atoms with Crippen LogP contribution in [0.15, 0.2) is 24.3 Å². The monoisotopic (exact) mass is 278 g/mol. The van der Waals surface area contributed by atoms with Crippen LogP contribution < -0.4 is 15.4 Å². The van der Waals surface area contributed by atoms with Gasteiger partial charge in [0.1, 0.15) is 12.4 Å². The van der Waals surface area contributed by atoms with Crippen molar-refractivity contribution in [1.29, 1.82) is 0 Å². The molecule has 1 fully saturated rings. The summed E-state index contributed by atoms with van der Waals surface area (Å²) in [6, 6.07) is 7.42. The first-order valence-corrected chi connectivity index (χ1v) is 7.03. The number of piperidine rings is 1. The number of hydrogen-bond acceptors (Lipinski definition) is 4. The van der Waals surface area contributed by atoms with Gasteiger partial charge in [-0.2, -0.15) is 0 Å². The third kappa shape index (κ3) is 4.51. The zero-order chi connectivity index (χ0) is 14.2. The van der Waals surface area contributed by atoms with Crippen LogP contribution in [0, 0.1) is 0 Å². The third-order valence-electron chi connectivity index (χ3n) is 3.30. The predicted octanol–water partition coefficient (Wildman–Crippen LogP) is 1.19. The fourth-order valence-electron chi connectivity index (χ4n) is 2.19. The van der Waals surface area contributed by atoms with Gasteiger partial charge in [0.15, 0.2) is 0 Å². The highest BCUT2D eigenvalue weighted by atomic mass is 16.5. The number of carbonyl (C=O) groups excluding carboxylic acids is 1. The summed E-state index contributed by atoms with van der Waals surface area (Å²) in [5, 5.41) is 6.33. The van der Waals surface area contributed by atoms with E-state index in [-0.39, 0.29) is 11.9 Å². The Balaban J connectivity index is 1.83. The third-order valence-corrected chi connectivity index (χ3v) is 3.30. The van der Waals surface area contributed by atoms with E-state index in [0.717, 1.165) is 31.7 Å². The summed E-state index contributed by atoms with van der Waals surface area (Å²) in [6.07, 6.45) is 2.15. The summed E-state index contributed by atoms with van der Waals surface area (Å²) >= 11 is 0. The lowest BCUT2D eigenvalue weighted by Crippen LogP contribution is -2.45. The van der Waals surface area contributed by atoms with Crippen LogP contribution in [-0.4, -0.2) is 45.4 Å². The van der Waals surface area contributed by atoms with Gasteiger partial charge in [-0.15, -0.1) is 0 Å². The van der Waals surface area contributed by atoms with Crippen molar-refractivity contribution in [3.63, 3.8) is 0 Å². The first-order chi connectivity index (χ1) is 9.79. The molecule has 1 heterocycles. The fraction of sp³-hybridized carbons (Fsp3) is 0.533. The summed E-state index contributed by atoms with van der Waals surface area (Å²) in [5.41, 5.74) is 0.662. The molecule has 0 aromatic heterocycles. The van der Waals surface area contributed by atoms with Crippen LogP contribution >= 0.6 is 0 Å². The molecule has 20 heavy (non-hydrogen) atoms. The van der Waals surface area contributed by atoms with E-state index in [1.54, 1.807) is 19.2 Å². The SMILES string of the molecule is COCCOc1ccc(C(=O)NC2CCCNC2)cc1. The molecule has 2 N–H and O–H groups in total. The van der Waals surface area contributed by atoms with Gasteiger partial charge in [-0.1, -0.05) is 0 Å². The van der Waals surface area contributed by atoms with Crippen LogP contribution in [0.3, 0.4) is 0 Å². The first-order valence-electron chi connectivity index (χ1n) is 7.03. The van der Waals surface area contributed by atoms with Gasteiger partial charge in [-0.05, 0) is 43.7 Å². The standard InChI is InChI=1S/C15H22N2O3/c1-19-9-10-20-14-6-4-12(5-7-14)15(18)17-13-3-2-8-16-11-13/h4-7,13,16H,2-3,8-11H2,1H3,(H,17,18). The second-order valence-corrected chi connectivity index (χ2v) is 4.88. The van der Waals surface area contributed by atoms with Crippen molar-refractivity contribution >= 4 is 5.91 Å². The number of ether oxygens (including phenoxy) is 2. The zero-order valence-electron chi connectivity index (χ0n) is 11.9. The summed E-state index contributed by atoms with van der Waals surface area (Å²) in [4.78, 5) is 12.1. The highest BCUT2D eigenvalue weighted by Crippen LogP contribution is 2.12. The molecule has 1 amide bonds. The molecule has 0 spiro atoms. The molecule has 5 heteroatoms. The Labute approximate surface area is 119 Å². The zero-order valence-corrected chi connectivity index (χ0v) is 11.9. The quantitative estimate of drug-likeness (QED) is 0.768. The summed E-state index contributed by atoms with van der Waals surface area (Å²) in [6.45, 7) is 2.95. The second-order valence-electron chi connectivity index (χ2n) is 4.88. The molecule has 0 aliphatic carbocycles. The molecule has 1 unspecified atom stereocenters. The maximum Gasteiger partial charge on any atom is 0.251 e. The minimum absolute atomic E-state index is 0.0258. The highest BCUT2D eigenvalue weighted by Gasteiger charge is 2.16. The maximum absolute atomic E-state index is 12.1. The molecule has 1 aromatic carbocycles. The van der Waals surface area contributed by atoms with E-state index in [0.29, 0.717) is 18.8 Å². The fourth-order valence-corrected chi connectivity index (χ4v) is 2.19. The van der Waals surface area contributed by atoms with E-state index < -0.39 is 0 Å². The Morgan fingerprint density at radius 2 is 2.15 bits per heavy atom. The van der Waals surface area contributed by atoms with Gasteiger partial charge in [-0.25, -0.2) is 0 Å². The smallest absolute Gasteiger partial charge is 0.251 e. The van der Waals surface area contributed by atoms with Crippen molar-refractivity contribution in [3.8, 4) is 5.75 Å². The average molecular weight is 278 g/mol. The first kappa shape index (κ1) is 14.8. The van der Waals surface area contributed by atoms with E-state index in [2.05, 4.69) is 10.6 Å². The Morgan fingerprint density at radius 1 is 1.35 bits per heavy atom. The van der Waals surface area contributed by atoms with Crippen molar-refractivity contribution in [2.24, 2.45) is 0 Å². The molecule has 110 valence electrons. The molecule has 0 radical (unpaired) electrons. The lowest BCUT2D eigenvalue weighted by atomic mass is 10.1. The minimum atomic E-state index is -0.0258. The molecule has 0 bridgehead atoms. The molecule has 1 saturated heterocycles. The number of methoxy groups -OCH3 is 1. The van der Waals surface area contributed by atoms with Gasteiger partial charge >= 0.3 is 0 Å². The summed E-state index contributed by atoms with van der Waals surface area (Å²) in [7, 11) is 1.64. The number of nitrogens with one attached hydrogen (secondary N) is 2. The molecular formula is C15H22N2O3. The molecule has 5 nitrogen and oxygen atoms in total. The molecule has 1 aromatic rings. The normalized spacial score (nSPS) is 18.6. The van der Waals surface area contributed by atoms with Crippen molar-refractivity contribution in [1.82, 2.24) is 10.6 Å². The molecule has 0 saturated carbocycles. The topological polar surface area (TPSA) is 59.6 Å². The van der Waals surface area contributed by atoms with Gasteiger partial charge in [-0.3, -0.25) is 4.79 Å². The van der Waals surface area contributed by atoms with Gasteiger partial charge in [0, 0.05) is 25.3 Å². The van der Waals surface area contributed by atoms with Crippen molar-refractivity contribution in [3.05, 3.63) is 29.8 Å². The van der Waals surface area contributed by atoms with Gasteiger partial charge < -0.3 is 20.1 Å². The van der Waals surface area contributed by atoms with Crippen LogP contribution in [0.25, 0.3) is 0 Å². The minimum Gasteiger partial charge on any atom is -0.491 e. The number of hydrogen-bond donors (Lipinski definition) is 2. The lowest BCUT2D eigenvalue weighted by molar-refractivity contribution is 0.0930. The molecule has 1 atom stereocenters. The van der Waals surface area contributed by atoms with E-state index in [1.807, 2.05) is 12.1 Å². The Kier molecular flexibility index (Phi) is 5.83. The predicted molar refractivity (Wildman–Crippen MR) is 77.2 cm³/mol. The summed E-state index contributed by atoms with van der Waals surface area (Å²) < 4.78 is 10.4. The lowest BCUT2D eigenvalue weighted by Gasteiger charge is -2.23. The van der Waals surface area contributed by atoms with Crippen molar-refractivity contribution in [2.45, 2.75) is 18.9 Å². The molecule has 1 aliphatic heterocycles. The second kappa shape index (κ2) is 7.87. The average Bonchev–Trinajstić information content (AvgIpc) is 2.49. The Morgan fingerprint density at radius 3 is 2.80 bits per heavy atom. The largest absolute Gasteiger partial charge is 0.491 e. The number of rotatable bonds is 6. The highest BCUT2D eigenvalue weighted by molar-refractivity contribution is 5.94. The van der Waals surface area contributed by atoms with Crippen LogP contribution in [0.2, 0.25) is 0 Å². The molecule has 2 rings (SSSR count). The Hall–Kier alpha value is -1.59. The number of carbonyl (C=O) groups is 1. The Bertz CT molecular complexity index is 414. The van der Waals surface area contributed by atoms with Crippen molar-refractivity contribution < 1.29 is 14.3 Å². The van der Waals surface area contributed by atoms with Crippen LogP contribution in [0.1, 0.15) is 23.2 Å². The molecular weight excluding hydrogens is 256 g/mol. The van der Waals surface area contributed by atoms with Crippen LogP contribution in [-0.2, 0) is 4.74 Å². The van der Waals surface area contributed by atoms with Crippen LogP contribution in [0.4, 0.5) is 0 Å². The maximum atomic E-state index is 12.1.